The van der Waals surface area contributed by atoms with E-state index in [1.165, 1.54) is 6.07 Å². The smallest absolute Gasteiger partial charge is 0.0635 e. The summed E-state index contributed by atoms with van der Waals surface area (Å²) in [5.74, 6) is 0. The molecule has 1 heteroatoms. The van der Waals surface area contributed by atoms with Crippen LogP contribution in [-0.2, 0) is 0 Å². The van der Waals surface area contributed by atoms with Crippen molar-refractivity contribution >= 4 is 44.1 Å². The van der Waals surface area contributed by atoms with Crippen molar-refractivity contribution in [2.75, 3.05) is 0 Å². The standard InChI is InChI=1S/C42H26S/c1-2-13-27(14-3-1)28-15-4-5-17-30(28)40-32-18-6-8-20-34(32)41(35-21-9-7-19-33(35)40)37-25-26-39-42-31(22-12-23-36(37)42)29-16-10-11-24-38(29)43-39/h1-26H/i1D,2D,3D,4D,5D,6D,7D,8D,9D,10D,11D,12D,13D,14D,15D,16D,17D,18D,19D,20D,21D,22D,25D,26D. The maximum Gasteiger partial charge on any atom is 0.0635 e. The molecule has 0 saturated heterocycles. The van der Waals surface area contributed by atoms with Crippen molar-refractivity contribution < 1.29 is 32.9 Å². The Bertz CT molecular complexity index is 3600. The number of hydrogen-bond acceptors (Lipinski definition) is 1. The van der Waals surface area contributed by atoms with Crippen molar-refractivity contribution in [1.82, 2.24) is 0 Å². The first-order valence-corrected chi connectivity index (χ1v) is 13.6. The second-order valence-electron chi connectivity index (χ2n) is 9.41. The average Bonchev–Trinajstić information content (AvgIpc) is 3.30. The number of fused-ring (bicyclic) bond motifs is 4. The highest BCUT2D eigenvalue weighted by Gasteiger charge is 2.23. The van der Waals surface area contributed by atoms with Gasteiger partial charge in [-0.3, -0.25) is 0 Å². The van der Waals surface area contributed by atoms with Crippen LogP contribution in [0.5, 0.6) is 0 Å². The van der Waals surface area contributed by atoms with E-state index in [1.807, 2.05) is 0 Å². The zero-order valence-corrected chi connectivity index (χ0v) is 22.4. The van der Waals surface area contributed by atoms with Gasteiger partial charge in [0, 0.05) is 15.2 Å². The van der Waals surface area contributed by atoms with E-state index in [9.17, 15) is 11.0 Å². The molecule has 0 fully saturated rings. The summed E-state index contributed by atoms with van der Waals surface area (Å²) in [4.78, 5) is 0.180. The number of hydrogen-bond donors (Lipinski definition) is 0. The van der Waals surface area contributed by atoms with Crippen LogP contribution in [0, 0.1) is 0 Å². The van der Waals surface area contributed by atoms with Crippen LogP contribution >= 0.6 is 11.8 Å². The van der Waals surface area contributed by atoms with E-state index in [2.05, 4.69) is 0 Å². The van der Waals surface area contributed by atoms with Gasteiger partial charge in [0.1, 0.15) is 0 Å². The maximum atomic E-state index is 9.66. The van der Waals surface area contributed by atoms with Gasteiger partial charge in [-0.25, -0.2) is 0 Å². The van der Waals surface area contributed by atoms with Gasteiger partial charge in [-0.15, -0.1) is 0 Å². The van der Waals surface area contributed by atoms with E-state index in [1.54, 1.807) is 0 Å². The summed E-state index contributed by atoms with van der Waals surface area (Å²) in [7, 11) is 0. The quantitative estimate of drug-likeness (QED) is 0.186. The summed E-state index contributed by atoms with van der Waals surface area (Å²) >= 11 is 0.848. The predicted octanol–water partition coefficient (Wildman–Crippen LogP) is 12.3. The molecule has 0 amide bonds. The molecule has 0 saturated carbocycles. The molecule has 9 rings (SSSR count). The van der Waals surface area contributed by atoms with Crippen LogP contribution in [0.4, 0.5) is 0 Å². The van der Waals surface area contributed by atoms with Gasteiger partial charge >= 0.3 is 0 Å². The first-order chi connectivity index (χ1) is 31.3. The van der Waals surface area contributed by atoms with Crippen LogP contribution < -0.4 is 0 Å². The van der Waals surface area contributed by atoms with Crippen molar-refractivity contribution in [1.29, 1.82) is 0 Å². The highest BCUT2D eigenvalue weighted by Crippen LogP contribution is 2.52. The Hall–Kier alpha value is -5.11. The molecule has 0 aliphatic carbocycles. The van der Waals surface area contributed by atoms with Crippen molar-refractivity contribution in [2.45, 2.75) is 9.79 Å². The van der Waals surface area contributed by atoms with Crippen molar-refractivity contribution in [2.24, 2.45) is 0 Å². The summed E-state index contributed by atoms with van der Waals surface area (Å²) in [5, 5.41) is -2.71. The van der Waals surface area contributed by atoms with E-state index in [0.29, 0.717) is 0 Å². The molecule has 8 aromatic carbocycles. The Kier molecular flexibility index (Phi) is 2.39. The zero-order chi connectivity index (χ0) is 49.2. The maximum absolute atomic E-state index is 9.66. The molecular weight excluding hydrogens is 537 g/mol. The molecule has 0 N–H and O–H groups in total. The van der Waals surface area contributed by atoms with Gasteiger partial charge in [-0.1, -0.05) is 157 Å². The lowest BCUT2D eigenvalue weighted by atomic mass is 9.82. The van der Waals surface area contributed by atoms with Crippen LogP contribution in [0.15, 0.2) is 167 Å². The lowest BCUT2D eigenvalue weighted by Gasteiger charge is -2.23. The molecule has 0 spiro atoms. The van der Waals surface area contributed by atoms with Gasteiger partial charge in [-0.05, 0) is 83.5 Å². The summed E-state index contributed by atoms with van der Waals surface area (Å²) < 4.78 is 215. The molecule has 1 aliphatic heterocycles. The Morgan fingerprint density at radius 1 is 0.349 bits per heavy atom. The minimum absolute atomic E-state index is 0.00820. The minimum atomic E-state index is -0.998. The Morgan fingerprint density at radius 3 is 1.63 bits per heavy atom. The predicted molar refractivity (Wildman–Crippen MR) is 185 cm³/mol. The molecule has 0 radical (unpaired) electrons. The van der Waals surface area contributed by atoms with Gasteiger partial charge in [0.15, 0.2) is 0 Å². The number of benzene rings is 8. The number of rotatable bonds is 3. The van der Waals surface area contributed by atoms with E-state index in [4.69, 9.17) is 21.9 Å². The van der Waals surface area contributed by atoms with Crippen LogP contribution in [0.3, 0.4) is 0 Å². The normalized spacial score (nSPS) is 19.9. The lowest BCUT2D eigenvalue weighted by Crippen LogP contribution is -1.96. The summed E-state index contributed by atoms with van der Waals surface area (Å²) in [6.07, 6.45) is 0. The molecule has 0 aromatic heterocycles. The molecule has 200 valence electrons. The van der Waals surface area contributed by atoms with E-state index >= 15 is 0 Å². The summed E-state index contributed by atoms with van der Waals surface area (Å²) in [5.41, 5.74) is -4.14. The third kappa shape index (κ3) is 3.72. The fourth-order valence-corrected chi connectivity index (χ4v) is 6.50. The van der Waals surface area contributed by atoms with Gasteiger partial charge < -0.3 is 0 Å². The van der Waals surface area contributed by atoms with Crippen LogP contribution in [0.2, 0.25) is 0 Å². The first-order valence-electron chi connectivity index (χ1n) is 24.8. The fraction of sp³-hybridized carbons (Fsp3) is 0. The van der Waals surface area contributed by atoms with Crippen LogP contribution in [0.1, 0.15) is 32.9 Å². The fourth-order valence-electron chi connectivity index (χ4n) is 5.49. The Morgan fingerprint density at radius 2 is 0.907 bits per heavy atom. The van der Waals surface area contributed by atoms with E-state index in [0.717, 1.165) is 17.8 Å². The molecule has 8 aromatic rings. The SMILES string of the molecule is [2H]c1cc2c(c([2H])c1[2H])-c1c([2H])c([2H])cc3c(-c4c5c([2H])c([2H])c([2H])c([2H])c5c(-c5c([2H])c([2H])c([2H])c([2H])c5-c5c([2H])c([2H])c([2H])c([2H])c5[2H])c5c([2H])c([2H])c([2H])c([2H])c45)c([2H])c([2H])c(c13)S2. The van der Waals surface area contributed by atoms with Gasteiger partial charge in [0.05, 0.1) is 32.9 Å². The molecule has 0 nitrogen and oxygen atoms in total. The summed E-state index contributed by atoms with van der Waals surface area (Å²) in [6, 6.07) is -17.1. The molecule has 1 aliphatic rings. The largest absolute Gasteiger partial charge is 0.0888 e. The van der Waals surface area contributed by atoms with Crippen molar-refractivity contribution in [3.63, 3.8) is 0 Å². The third-order valence-corrected chi connectivity index (χ3v) is 8.27. The van der Waals surface area contributed by atoms with E-state index in [-0.39, 0.29) is 37.7 Å². The highest BCUT2D eigenvalue weighted by molar-refractivity contribution is 7.99. The van der Waals surface area contributed by atoms with E-state index < -0.39 is 194 Å². The monoisotopic (exact) mass is 586 g/mol. The van der Waals surface area contributed by atoms with Crippen LogP contribution in [-0.4, -0.2) is 0 Å². The second-order valence-corrected chi connectivity index (χ2v) is 10.5. The molecular formula is C42H26S. The summed E-state index contributed by atoms with van der Waals surface area (Å²) in [6.45, 7) is 0. The lowest BCUT2D eigenvalue weighted by molar-refractivity contribution is 1.40. The zero-order valence-electron chi connectivity index (χ0n) is 45.6. The molecule has 43 heavy (non-hydrogen) atoms. The molecule has 1 heterocycles. The van der Waals surface area contributed by atoms with Crippen molar-refractivity contribution in [3.05, 3.63) is 157 Å². The average molecular weight is 587 g/mol. The minimum Gasteiger partial charge on any atom is -0.0888 e. The first kappa shape index (κ1) is 10.6. The van der Waals surface area contributed by atoms with Gasteiger partial charge in [0.2, 0.25) is 0 Å². The Balaban J connectivity index is 1.65. The highest BCUT2D eigenvalue weighted by atomic mass is 32.2. The third-order valence-electron chi connectivity index (χ3n) is 7.21. The second kappa shape index (κ2) is 9.73. The Labute approximate surface area is 289 Å². The molecule has 0 atom stereocenters. The molecule has 0 unspecified atom stereocenters. The molecule has 0 bridgehead atoms. The van der Waals surface area contributed by atoms with Crippen LogP contribution in [0.25, 0.3) is 76.8 Å². The van der Waals surface area contributed by atoms with Crippen molar-refractivity contribution in [3.8, 4) is 44.5 Å². The topological polar surface area (TPSA) is 0 Å². The van der Waals surface area contributed by atoms with Gasteiger partial charge in [-0.2, -0.15) is 0 Å². The van der Waals surface area contributed by atoms with Gasteiger partial charge in [0.25, 0.3) is 0 Å².